The van der Waals surface area contributed by atoms with Gasteiger partial charge in [0.15, 0.2) is 5.75 Å². The number of anilines is 2. The number of allylic oxidation sites excluding steroid dienone is 1. The maximum atomic E-state index is 13.6. The van der Waals surface area contributed by atoms with Crippen LogP contribution in [0.3, 0.4) is 0 Å². The van der Waals surface area contributed by atoms with E-state index in [1.165, 1.54) is 17.7 Å². The van der Waals surface area contributed by atoms with E-state index in [4.69, 9.17) is 10.7 Å². The summed E-state index contributed by atoms with van der Waals surface area (Å²) in [6, 6.07) is 26.4. The van der Waals surface area contributed by atoms with Gasteiger partial charge in [-0.1, -0.05) is 99.5 Å². The molecule has 5 heterocycles. The van der Waals surface area contributed by atoms with Crippen LogP contribution in [0, 0.1) is 13.8 Å². The van der Waals surface area contributed by atoms with E-state index in [1.807, 2.05) is 43.3 Å². The van der Waals surface area contributed by atoms with E-state index in [1.54, 1.807) is 24.5 Å². The number of nitrogens with two attached hydrogens (primary N) is 1. The van der Waals surface area contributed by atoms with Crippen LogP contribution >= 0.6 is 0 Å². The molecule has 15 heteroatoms. The van der Waals surface area contributed by atoms with Crippen molar-refractivity contribution in [1.82, 2.24) is 35.9 Å². The van der Waals surface area contributed by atoms with Crippen molar-refractivity contribution >= 4 is 29.1 Å². The van der Waals surface area contributed by atoms with E-state index in [2.05, 4.69) is 97.0 Å². The monoisotopic (exact) mass is 947 g/mol. The first-order valence-electron chi connectivity index (χ1n) is 23.8. The van der Waals surface area contributed by atoms with Gasteiger partial charge < -0.3 is 36.5 Å². The molecule has 1 aliphatic carbocycles. The molecule has 6 aromatic rings. The highest BCUT2D eigenvalue weighted by Crippen LogP contribution is 2.50. The second kappa shape index (κ2) is 21.3. The fourth-order valence-corrected chi connectivity index (χ4v) is 8.65. The number of alkyl halides is 2. The molecule has 8 rings (SSSR count). The number of pyridine rings is 4. The lowest BCUT2D eigenvalue weighted by Gasteiger charge is -2.16. The fourth-order valence-electron chi connectivity index (χ4n) is 8.65. The number of nitrogens with one attached hydrogen (secondary N) is 4. The van der Waals surface area contributed by atoms with Gasteiger partial charge in [-0.15, -0.1) is 8.78 Å². The Kier molecular flexibility index (Phi) is 14.8. The smallest absolute Gasteiger partial charge is 0.393 e. The molecule has 1 aliphatic heterocycles. The number of nitrogens with zero attached hydrogens (tertiary/aromatic N) is 4. The number of amides is 2. The Morgan fingerprint density at radius 3 is 2.29 bits per heavy atom. The summed E-state index contributed by atoms with van der Waals surface area (Å²) in [4.78, 5) is 44.4. The molecule has 0 spiro atoms. The summed E-state index contributed by atoms with van der Waals surface area (Å²) in [5.41, 5.74) is 17.3. The van der Waals surface area contributed by atoms with Crippen LogP contribution in [0.2, 0.25) is 0 Å². The number of ether oxygens (including phenoxy) is 2. The summed E-state index contributed by atoms with van der Waals surface area (Å²) < 4.78 is 36.2. The number of fused-ring (bicyclic) bond motifs is 1. The molecule has 70 heavy (non-hydrogen) atoms. The Hall–Kier alpha value is -7.68. The second-order valence-electron chi connectivity index (χ2n) is 17.9. The van der Waals surface area contributed by atoms with E-state index in [0.29, 0.717) is 54.6 Å². The van der Waals surface area contributed by atoms with E-state index in [0.717, 1.165) is 107 Å². The quantitative estimate of drug-likeness (QED) is 0.0409. The minimum Gasteiger partial charge on any atom is -0.393 e. The molecule has 0 radical (unpaired) electrons. The highest BCUT2D eigenvalue weighted by Gasteiger charge is 2.54. The molecule has 13 nitrogen and oxygen atoms in total. The molecule has 0 saturated heterocycles. The average molecular weight is 948 g/mol. The first-order chi connectivity index (χ1) is 33.7. The van der Waals surface area contributed by atoms with E-state index in [-0.39, 0.29) is 23.4 Å². The molecular formula is C55H59F2N9O4. The third-order valence-corrected chi connectivity index (χ3v) is 12.8. The number of hydrogen-bond acceptors (Lipinski definition) is 11. The highest BCUT2D eigenvalue weighted by atomic mass is 19.3. The summed E-state index contributed by atoms with van der Waals surface area (Å²) in [5.74, 6) is -0.193. The van der Waals surface area contributed by atoms with Gasteiger partial charge in [0.25, 0.3) is 11.8 Å². The van der Waals surface area contributed by atoms with Crippen molar-refractivity contribution in [2.24, 2.45) is 0 Å². The lowest BCUT2D eigenvalue weighted by Crippen LogP contribution is -2.31. The lowest BCUT2D eigenvalue weighted by atomic mass is 9.92. The number of aryl methyl sites for hydroxylation is 2. The van der Waals surface area contributed by atoms with Crippen LogP contribution in [-0.4, -0.2) is 57.7 Å². The van der Waals surface area contributed by atoms with Gasteiger partial charge in [-0.2, -0.15) is 0 Å². The van der Waals surface area contributed by atoms with Crippen LogP contribution < -0.4 is 36.5 Å². The zero-order valence-electron chi connectivity index (χ0n) is 39.9. The maximum Gasteiger partial charge on any atom is 0.587 e. The van der Waals surface area contributed by atoms with Gasteiger partial charge in [0.2, 0.25) is 5.91 Å². The number of halogens is 2. The molecule has 362 valence electrons. The molecule has 4 aromatic heterocycles. The zero-order chi connectivity index (χ0) is 49.4. The van der Waals surface area contributed by atoms with Crippen LogP contribution in [0.4, 0.5) is 20.4 Å². The predicted molar refractivity (Wildman–Crippen MR) is 270 cm³/mol. The SMILES string of the molecule is C=C(CCCCCCCNC(=C)c1cccc(-c2nc(NC(=O)C3(c4ccc5c(n4)OC(F)(F)O5)CC3)ccc2C)c1)NCCNC(=O)c1ccc(-c2cnc(N)c(-c3ccc(C)cc3)c2CC)cn1. The molecule has 0 bridgehead atoms. The van der Waals surface area contributed by atoms with Crippen LogP contribution in [0.5, 0.6) is 11.6 Å². The number of benzene rings is 2. The molecule has 0 atom stereocenters. The number of unbranched alkanes of at least 4 members (excludes halogenated alkanes) is 4. The third kappa shape index (κ3) is 11.4. The Bertz CT molecular complexity index is 2900. The van der Waals surface area contributed by atoms with Crippen molar-refractivity contribution in [3.8, 4) is 45.1 Å². The van der Waals surface area contributed by atoms with E-state index in [9.17, 15) is 18.4 Å². The van der Waals surface area contributed by atoms with E-state index < -0.39 is 11.7 Å². The summed E-state index contributed by atoms with van der Waals surface area (Å²) >= 11 is 0. The largest absolute Gasteiger partial charge is 0.587 e. The Morgan fingerprint density at radius 1 is 0.771 bits per heavy atom. The molecule has 6 N–H and O–H groups in total. The summed E-state index contributed by atoms with van der Waals surface area (Å²) in [5, 5.41) is 12.7. The average Bonchev–Trinajstić information content (AvgIpc) is 4.11. The van der Waals surface area contributed by atoms with Crippen LogP contribution in [0.1, 0.15) is 96.7 Å². The highest BCUT2D eigenvalue weighted by molar-refractivity contribution is 6.01. The Labute approximate surface area is 407 Å². The molecule has 0 unspecified atom stereocenters. The number of aromatic nitrogens is 4. The zero-order valence-corrected chi connectivity index (χ0v) is 39.9. The number of carbonyl (C=O) groups excluding carboxylic acids is 2. The molecule has 1 saturated carbocycles. The van der Waals surface area contributed by atoms with Crippen LogP contribution in [0.25, 0.3) is 39.2 Å². The van der Waals surface area contributed by atoms with Crippen molar-refractivity contribution in [1.29, 1.82) is 0 Å². The van der Waals surface area contributed by atoms with Gasteiger partial charge in [0, 0.05) is 65.7 Å². The molecule has 1 fully saturated rings. The molecule has 2 aliphatic rings. The number of rotatable bonds is 22. The molecule has 2 amide bonds. The minimum atomic E-state index is -3.79. The number of nitrogen functional groups attached to an aromatic ring is 1. The normalized spacial score (nSPS) is 13.8. The van der Waals surface area contributed by atoms with Gasteiger partial charge in [-0.3, -0.25) is 14.6 Å². The van der Waals surface area contributed by atoms with Crippen molar-refractivity contribution in [3.05, 3.63) is 150 Å². The van der Waals surface area contributed by atoms with Gasteiger partial charge in [0.1, 0.15) is 17.3 Å². The second-order valence-corrected chi connectivity index (χ2v) is 17.9. The van der Waals surface area contributed by atoms with Crippen LogP contribution in [-0.2, 0) is 16.6 Å². The van der Waals surface area contributed by atoms with Crippen molar-refractivity contribution in [2.75, 3.05) is 30.7 Å². The summed E-state index contributed by atoms with van der Waals surface area (Å²) in [6.07, 6.45) is 7.65. The fraction of sp³-hybridized carbons (Fsp3) is 0.309. The van der Waals surface area contributed by atoms with Crippen molar-refractivity contribution < 1.29 is 27.8 Å². The first kappa shape index (κ1) is 48.8. The van der Waals surface area contributed by atoms with E-state index >= 15 is 0 Å². The standard InChI is InChI=1S/C55H59F2N9O4/c1-6-42-43(33-63-50(58)48(42)38-19-16-34(2)17-20-38)41-21-22-44(62-32-41)51(67)61-30-29-59-36(4)13-10-8-7-9-11-28-60-37(5)39-14-12-15-40(31-39)49-35(3)18-25-47(65-49)66-53(68)54(26-27-54)46-24-23-45-52(64-46)70-55(56,57)69-45/h12,14-25,31-33,59-60H,4-11,13,26-30H2,1-3H3,(H2,58,63)(H,61,67)(H,65,66,68). The number of hydrogen-bond donors (Lipinski definition) is 5. The van der Waals surface area contributed by atoms with Crippen molar-refractivity contribution in [2.45, 2.75) is 90.3 Å². The van der Waals surface area contributed by atoms with Crippen molar-refractivity contribution in [3.63, 3.8) is 0 Å². The lowest BCUT2D eigenvalue weighted by molar-refractivity contribution is -0.287. The minimum absolute atomic E-state index is 0.168. The Morgan fingerprint density at radius 2 is 1.53 bits per heavy atom. The molecule has 2 aromatic carbocycles. The van der Waals surface area contributed by atoms with Gasteiger partial charge in [0.05, 0.1) is 16.8 Å². The number of carbonyl (C=O) groups is 2. The topological polar surface area (TPSA) is 178 Å². The van der Waals surface area contributed by atoms with Gasteiger partial charge in [-0.05, 0) is 105 Å². The van der Waals surface area contributed by atoms with Gasteiger partial charge in [-0.25, -0.2) is 15.0 Å². The van der Waals surface area contributed by atoms with Crippen LogP contribution in [0.15, 0.2) is 116 Å². The summed E-state index contributed by atoms with van der Waals surface area (Å²) in [6.45, 7) is 16.4. The molecular weight excluding hydrogens is 889 g/mol. The summed E-state index contributed by atoms with van der Waals surface area (Å²) in [7, 11) is 0. The predicted octanol–water partition coefficient (Wildman–Crippen LogP) is 10.5. The first-order valence-corrected chi connectivity index (χ1v) is 23.8. The third-order valence-electron chi connectivity index (χ3n) is 12.8. The maximum absolute atomic E-state index is 13.6. The van der Waals surface area contributed by atoms with Gasteiger partial charge >= 0.3 is 6.29 Å². The Balaban J connectivity index is 0.710.